The van der Waals surface area contributed by atoms with Crippen molar-refractivity contribution in [1.29, 1.82) is 0 Å². The van der Waals surface area contributed by atoms with Crippen LogP contribution < -0.4 is 5.56 Å². The molecule has 2 aromatic rings. The maximum absolute atomic E-state index is 11.7. The van der Waals surface area contributed by atoms with Gasteiger partial charge in [0.2, 0.25) is 0 Å². The molecule has 0 unspecified atom stereocenters. The largest absolute Gasteiger partial charge is 0.504 e. The zero-order chi connectivity index (χ0) is 11.5. The van der Waals surface area contributed by atoms with Gasteiger partial charge in [0.1, 0.15) is 0 Å². The fourth-order valence-corrected chi connectivity index (χ4v) is 1.44. The molecule has 0 fully saturated rings. The molecule has 0 atom stereocenters. The molecule has 1 N–H and O–H groups in total. The zero-order valence-corrected chi connectivity index (χ0v) is 8.88. The van der Waals surface area contributed by atoms with E-state index in [0.29, 0.717) is 12.3 Å². The molecule has 84 valence electrons. The summed E-state index contributed by atoms with van der Waals surface area (Å²) in [6, 6.07) is 4.49. The summed E-state index contributed by atoms with van der Waals surface area (Å²) in [7, 11) is 0. The third kappa shape index (κ3) is 1.90. The predicted molar refractivity (Wildman–Crippen MR) is 58.5 cm³/mol. The summed E-state index contributed by atoms with van der Waals surface area (Å²) < 4.78 is 6.47. The van der Waals surface area contributed by atoms with Crippen LogP contribution in [0.15, 0.2) is 29.2 Å². The molecule has 0 spiro atoms. The molecule has 0 saturated carbocycles. The van der Waals surface area contributed by atoms with Crippen LogP contribution >= 0.6 is 0 Å². The summed E-state index contributed by atoms with van der Waals surface area (Å²) in [6.45, 7) is 2.70. The van der Waals surface area contributed by atoms with Crippen LogP contribution in [0.4, 0.5) is 0 Å². The molecule has 0 aliphatic rings. The zero-order valence-electron chi connectivity index (χ0n) is 8.88. The van der Waals surface area contributed by atoms with E-state index in [4.69, 9.17) is 4.74 Å². The molecule has 0 amide bonds. The lowest BCUT2D eigenvalue weighted by molar-refractivity contribution is 0.131. The maximum Gasteiger partial charge on any atom is 0.258 e. The Morgan fingerprint density at radius 3 is 3.12 bits per heavy atom. The van der Waals surface area contributed by atoms with Gasteiger partial charge in [0, 0.05) is 18.9 Å². The van der Waals surface area contributed by atoms with Gasteiger partial charge in [-0.2, -0.15) is 0 Å². The second kappa shape index (κ2) is 4.32. The van der Waals surface area contributed by atoms with Crippen LogP contribution in [0.2, 0.25) is 0 Å². The van der Waals surface area contributed by atoms with Crippen LogP contribution in [0.1, 0.15) is 12.6 Å². The highest BCUT2D eigenvalue weighted by Crippen LogP contribution is 2.13. The Morgan fingerprint density at radius 1 is 1.56 bits per heavy atom. The Hall–Kier alpha value is -1.88. The minimum Gasteiger partial charge on any atom is -0.504 e. The Kier molecular flexibility index (Phi) is 2.87. The molecule has 5 heteroatoms. The molecule has 0 bridgehead atoms. The van der Waals surface area contributed by atoms with Gasteiger partial charge in [-0.1, -0.05) is 0 Å². The number of aromatic hydroxyl groups is 1. The Labute approximate surface area is 91.9 Å². The smallest absolute Gasteiger partial charge is 0.258 e. The van der Waals surface area contributed by atoms with Gasteiger partial charge in [0.25, 0.3) is 5.56 Å². The molecule has 5 nitrogen and oxygen atoms in total. The summed E-state index contributed by atoms with van der Waals surface area (Å²) in [5.74, 6) is -0.0158. The minimum atomic E-state index is -0.226. The average Bonchev–Trinajstić information content (AvgIpc) is 2.28. The van der Waals surface area contributed by atoms with E-state index < -0.39 is 0 Å². The number of hydrogen-bond donors (Lipinski definition) is 1. The van der Waals surface area contributed by atoms with Crippen LogP contribution in [0.3, 0.4) is 0 Å². The van der Waals surface area contributed by atoms with Crippen molar-refractivity contribution < 1.29 is 9.84 Å². The normalized spacial score (nSPS) is 10.8. The Bertz CT molecular complexity index is 563. The highest BCUT2D eigenvalue weighted by atomic mass is 16.5. The average molecular weight is 220 g/mol. The molecule has 0 radical (unpaired) electrons. The van der Waals surface area contributed by atoms with Gasteiger partial charge in [-0.3, -0.25) is 9.20 Å². The first-order valence-corrected chi connectivity index (χ1v) is 5.00. The van der Waals surface area contributed by atoms with Crippen molar-refractivity contribution in [3.63, 3.8) is 0 Å². The number of fused-ring (bicyclic) bond motifs is 1. The van der Waals surface area contributed by atoms with E-state index in [0.717, 1.165) is 0 Å². The number of rotatable bonds is 3. The van der Waals surface area contributed by atoms with Gasteiger partial charge < -0.3 is 9.84 Å². The number of ether oxygens (including phenoxy) is 1. The lowest BCUT2D eigenvalue weighted by Gasteiger charge is -2.05. The van der Waals surface area contributed by atoms with Gasteiger partial charge in [0.15, 0.2) is 11.4 Å². The third-order valence-corrected chi connectivity index (χ3v) is 2.18. The third-order valence-electron chi connectivity index (χ3n) is 2.18. The van der Waals surface area contributed by atoms with Gasteiger partial charge in [-0.05, 0) is 19.1 Å². The van der Waals surface area contributed by atoms with Gasteiger partial charge in [-0.25, -0.2) is 4.98 Å². The number of hydrogen-bond acceptors (Lipinski definition) is 4. The standard InChI is InChI=1S/C11H12N2O3/c1-2-16-7-8-6-10(15)13-5-3-4-9(14)11(13)12-8/h3-6,14H,2,7H2,1H3. The SMILES string of the molecule is CCOCc1cc(=O)n2cccc(O)c2n1. The molecule has 2 aromatic heterocycles. The molecule has 16 heavy (non-hydrogen) atoms. The second-order valence-electron chi connectivity index (χ2n) is 3.31. The van der Waals surface area contributed by atoms with Gasteiger partial charge in [-0.15, -0.1) is 0 Å². The summed E-state index contributed by atoms with van der Waals surface area (Å²) >= 11 is 0. The second-order valence-corrected chi connectivity index (χ2v) is 3.31. The van der Waals surface area contributed by atoms with Crippen LogP contribution in [-0.2, 0) is 11.3 Å². The summed E-state index contributed by atoms with van der Waals surface area (Å²) in [5.41, 5.74) is 0.550. The van der Waals surface area contributed by atoms with E-state index in [1.807, 2.05) is 6.92 Å². The number of nitrogens with zero attached hydrogens (tertiary/aromatic N) is 2. The number of aromatic nitrogens is 2. The van der Waals surface area contributed by atoms with Crippen LogP contribution in [0, 0.1) is 0 Å². The fourth-order valence-electron chi connectivity index (χ4n) is 1.44. The molecular weight excluding hydrogens is 208 g/mol. The number of pyridine rings is 1. The minimum absolute atomic E-state index is 0.0158. The van der Waals surface area contributed by atoms with Gasteiger partial charge in [0.05, 0.1) is 12.3 Å². The van der Waals surface area contributed by atoms with E-state index in [1.54, 1.807) is 12.3 Å². The van der Waals surface area contributed by atoms with Crippen molar-refractivity contribution in [2.75, 3.05) is 6.61 Å². The molecule has 0 aromatic carbocycles. The first-order valence-electron chi connectivity index (χ1n) is 5.00. The van der Waals surface area contributed by atoms with E-state index in [2.05, 4.69) is 4.98 Å². The van der Waals surface area contributed by atoms with Crippen LogP contribution in [-0.4, -0.2) is 21.1 Å². The van der Waals surface area contributed by atoms with Crippen LogP contribution in [0.25, 0.3) is 5.65 Å². The lowest BCUT2D eigenvalue weighted by Crippen LogP contribution is -2.15. The molecule has 0 aliphatic heterocycles. The molecule has 2 rings (SSSR count). The molecule has 2 heterocycles. The van der Waals surface area contributed by atoms with Gasteiger partial charge >= 0.3 is 0 Å². The molecular formula is C11H12N2O3. The Morgan fingerprint density at radius 2 is 2.38 bits per heavy atom. The molecule has 0 aliphatic carbocycles. The quantitative estimate of drug-likeness (QED) is 0.836. The monoisotopic (exact) mass is 220 g/mol. The van der Waals surface area contributed by atoms with Crippen molar-refractivity contribution in [1.82, 2.24) is 9.38 Å². The van der Waals surface area contributed by atoms with Crippen molar-refractivity contribution in [2.45, 2.75) is 13.5 Å². The first-order chi connectivity index (χ1) is 7.72. The maximum atomic E-state index is 11.7. The van der Waals surface area contributed by atoms with E-state index in [9.17, 15) is 9.90 Å². The summed E-state index contributed by atoms with van der Waals surface area (Å²) in [5, 5.41) is 9.58. The van der Waals surface area contributed by atoms with Crippen molar-refractivity contribution in [3.05, 3.63) is 40.4 Å². The Balaban J connectivity index is 2.57. The summed E-state index contributed by atoms with van der Waals surface area (Å²) in [6.07, 6.45) is 1.56. The highest BCUT2D eigenvalue weighted by molar-refractivity contribution is 5.52. The fraction of sp³-hybridized carbons (Fsp3) is 0.273. The molecule has 0 saturated heterocycles. The van der Waals surface area contributed by atoms with E-state index >= 15 is 0 Å². The highest BCUT2D eigenvalue weighted by Gasteiger charge is 2.05. The van der Waals surface area contributed by atoms with Crippen molar-refractivity contribution in [3.8, 4) is 5.75 Å². The topological polar surface area (TPSA) is 63.8 Å². The lowest BCUT2D eigenvalue weighted by atomic mass is 10.3. The van der Waals surface area contributed by atoms with E-state index in [-0.39, 0.29) is 23.6 Å². The van der Waals surface area contributed by atoms with Crippen molar-refractivity contribution >= 4 is 5.65 Å². The van der Waals surface area contributed by atoms with E-state index in [1.165, 1.54) is 16.5 Å². The first kappa shape index (κ1) is 10.6. The predicted octanol–water partition coefficient (Wildman–Crippen LogP) is 0.937. The summed E-state index contributed by atoms with van der Waals surface area (Å²) in [4.78, 5) is 15.8. The van der Waals surface area contributed by atoms with Crippen LogP contribution in [0.5, 0.6) is 5.75 Å². The van der Waals surface area contributed by atoms with Crippen molar-refractivity contribution in [2.24, 2.45) is 0 Å².